The highest BCUT2D eigenvalue weighted by atomic mass is 16.4. The lowest BCUT2D eigenvalue weighted by molar-refractivity contribution is -0.137. The van der Waals surface area contributed by atoms with Crippen LogP contribution >= 0.6 is 0 Å². The normalized spacial score (nSPS) is 33.5. The summed E-state index contributed by atoms with van der Waals surface area (Å²) in [5.74, 6) is 2.30. The molecule has 0 heterocycles. The maximum absolute atomic E-state index is 11.8. The Labute approximate surface area is 199 Å². The molecule has 0 aromatic rings. The topological polar surface area (TPSA) is 57.5 Å². The van der Waals surface area contributed by atoms with Crippen molar-refractivity contribution in [3.8, 4) is 0 Å². The van der Waals surface area contributed by atoms with Crippen molar-refractivity contribution in [1.29, 1.82) is 0 Å². The second-order valence-electron chi connectivity index (χ2n) is 12.8. The number of aliphatic carboxylic acids is 1. The van der Waals surface area contributed by atoms with Crippen molar-refractivity contribution in [1.82, 2.24) is 0 Å². The predicted molar refractivity (Wildman–Crippen MR) is 135 cm³/mol. The average Bonchev–Trinajstić information content (AvgIpc) is 3.07. The zero-order valence-corrected chi connectivity index (χ0v) is 22.3. The molecule has 0 aliphatic heterocycles. The molecule has 188 valence electrons. The van der Waals surface area contributed by atoms with Gasteiger partial charge in [0, 0.05) is 6.42 Å². The third-order valence-corrected chi connectivity index (χ3v) is 9.92. The van der Waals surface area contributed by atoms with Crippen LogP contribution in [0.15, 0.2) is 0 Å². The number of rotatable bonds is 13. The molecule has 3 nitrogen and oxygen atoms in total. The van der Waals surface area contributed by atoms with Crippen molar-refractivity contribution in [3.63, 3.8) is 0 Å². The van der Waals surface area contributed by atoms with E-state index in [1.54, 1.807) is 0 Å². The lowest BCUT2D eigenvalue weighted by Gasteiger charge is -2.52. The van der Waals surface area contributed by atoms with Gasteiger partial charge in [0.05, 0.1) is 6.10 Å². The van der Waals surface area contributed by atoms with Gasteiger partial charge in [0.1, 0.15) is 0 Å². The van der Waals surface area contributed by atoms with Crippen molar-refractivity contribution in [2.45, 2.75) is 132 Å². The minimum absolute atomic E-state index is 0.210. The summed E-state index contributed by atoms with van der Waals surface area (Å²) in [6.07, 6.45) is 13.0. The molecule has 0 radical (unpaired) electrons. The third kappa shape index (κ3) is 6.51. The molecule has 8 atom stereocenters. The standard InChI is InChI=1S/C29H54O3/c1-8-10-11-17-28(5,6)19-22(9-2)27(32)26-21(4)16-18-29(7)23(13-14-24(26)29)20(3)12-15-25(30)31/h20-24,26-27,32H,8-19H2,1-7H3,(H,30,31)/t20-,21?,22-,23?,24?,26?,27?,29?/m1/s1. The van der Waals surface area contributed by atoms with E-state index in [9.17, 15) is 9.90 Å². The summed E-state index contributed by atoms with van der Waals surface area (Å²) in [5.41, 5.74) is 0.548. The zero-order valence-electron chi connectivity index (χ0n) is 22.3. The molecule has 32 heavy (non-hydrogen) atoms. The van der Waals surface area contributed by atoms with E-state index in [0.717, 1.165) is 19.3 Å². The van der Waals surface area contributed by atoms with Gasteiger partial charge in [0.2, 0.25) is 0 Å². The summed E-state index contributed by atoms with van der Waals surface area (Å²) < 4.78 is 0. The zero-order chi connectivity index (χ0) is 24.1. The summed E-state index contributed by atoms with van der Waals surface area (Å²) in [4.78, 5) is 11.1. The molecule has 0 aromatic heterocycles. The maximum Gasteiger partial charge on any atom is 0.303 e. The highest BCUT2D eigenvalue weighted by Gasteiger charge is 2.56. The largest absolute Gasteiger partial charge is 0.481 e. The number of hydrogen-bond donors (Lipinski definition) is 2. The number of fused-ring (bicyclic) bond motifs is 1. The van der Waals surface area contributed by atoms with E-state index < -0.39 is 5.97 Å². The molecule has 2 fully saturated rings. The summed E-state index contributed by atoms with van der Waals surface area (Å²) in [7, 11) is 0. The first-order chi connectivity index (χ1) is 15.0. The van der Waals surface area contributed by atoms with Crippen LogP contribution in [0.1, 0.15) is 126 Å². The minimum Gasteiger partial charge on any atom is -0.481 e. The van der Waals surface area contributed by atoms with E-state index in [1.807, 2.05) is 0 Å². The second kappa shape index (κ2) is 11.7. The van der Waals surface area contributed by atoms with Crippen molar-refractivity contribution < 1.29 is 15.0 Å². The number of aliphatic hydroxyl groups is 1. The van der Waals surface area contributed by atoms with Crippen LogP contribution in [-0.2, 0) is 4.79 Å². The molecular weight excluding hydrogens is 396 g/mol. The highest BCUT2D eigenvalue weighted by Crippen LogP contribution is 2.62. The number of carboxylic acid groups (broad SMARTS) is 1. The smallest absolute Gasteiger partial charge is 0.303 e. The van der Waals surface area contributed by atoms with Gasteiger partial charge in [-0.25, -0.2) is 0 Å². The van der Waals surface area contributed by atoms with Crippen molar-refractivity contribution in [3.05, 3.63) is 0 Å². The molecule has 0 saturated heterocycles. The fraction of sp³-hybridized carbons (Fsp3) is 0.966. The van der Waals surface area contributed by atoms with Gasteiger partial charge in [0.15, 0.2) is 0 Å². The van der Waals surface area contributed by atoms with Gasteiger partial charge >= 0.3 is 5.97 Å². The predicted octanol–water partition coefficient (Wildman–Crippen LogP) is 7.95. The first kappa shape index (κ1) is 27.7. The quantitative estimate of drug-likeness (QED) is 0.280. The van der Waals surface area contributed by atoms with Gasteiger partial charge in [0.25, 0.3) is 0 Å². The van der Waals surface area contributed by atoms with Gasteiger partial charge in [-0.2, -0.15) is 0 Å². The molecule has 2 saturated carbocycles. The first-order valence-corrected chi connectivity index (χ1v) is 13.9. The summed E-state index contributed by atoms with van der Waals surface area (Å²) in [6, 6.07) is 0. The fourth-order valence-corrected chi connectivity index (χ4v) is 7.97. The molecule has 0 spiro atoms. The second-order valence-corrected chi connectivity index (χ2v) is 12.8. The number of carbonyl (C=O) groups is 1. The molecule has 2 aliphatic carbocycles. The average molecular weight is 451 g/mol. The number of aliphatic hydroxyl groups excluding tert-OH is 1. The Hall–Kier alpha value is -0.570. The van der Waals surface area contributed by atoms with E-state index in [1.165, 1.54) is 51.4 Å². The molecule has 2 rings (SSSR count). The SMILES string of the molecule is CCCCCC(C)(C)C[C@@H](CC)C(O)C1C(C)CCC2(C)C1CCC2[C@H](C)CCC(=O)O. The van der Waals surface area contributed by atoms with Gasteiger partial charge in [-0.15, -0.1) is 0 Å². The Bertz CT molecular complexity index is 585. The summed E-state index contributed by atoms with van der Waals surface area (Å²) in [6.45, 7) is 16.5. The van der Waals surface area contributed by atoms with Crippen molar-refractivity contribution >= 4 is 5.97 Å². The Morgan fingerprint density at radius 1 is 1.16 bits per heavy atom. The molecule has 0 amide bonds. The van der Waals surface area contributed by atoms with Crippen molar-refractivity contribution in [2.75, 3.05) is 0 Å². The van der Waals surface area contributed by atoms with E-state index in [2.05, 4.69) is 48.5 Å². The Kier molecular flexibility index (Phi) is 10.1. The lowest BCUT2D eigenvalue weighted by atomic mass is 9.54. The van der Waals surface area contributed by atoms with Gasteiger partial charge in [-0.1, -0.05) is 74.1 Å². The molecule has 3 heteroatoms. The molecule has 0 aromatic carbocycles. The Balaban J connectivity index is 2.14. The van der Waals surface area contributed by atoms with Crippen LogP contribution in [0.5, 0.6) is 0 Å². The highest BCUT2D eigenvalue weighted by molar-refractivity contribution is 5.66. The van der Waals surface area contributed by atoms with Crippen LogP contribution < -0.4 is 0 Å². The molecule has 2 aliphatic rings. The minimum atomic E-state index is -0.672. The molecule has 6 unspecified atom stereocenters. The summed E-state index contributed by atoms with van der Waals surface area (Å²) in [5, 5.41) is 21.0. The van der Waals surface area contributed by atoms with Crippen LogP contribution in [0.2, 0.25) is 0 Å². The Morgan fingerprint density at radius 3 is 2.44 bits per heavy atom. The Morgan fingerprint density at radius 2 is 1.84 bits per heavy atom. The maximum atomic E-state index is 11.8. The van der Waals surface area contributed by atoms with E-state index >= 15 is 0 Å². The van der Waals surface area contributed by atoms with Crippen LogP contribution in [0, 0.1) is 46.3 Å². The van der Waals surface area contributed by atoms with Gasteiger partial charge in [-0.3, -0.25) is 4.79 Å². The van der Waals surface area contributed by atoms with E-state index in [-0.39, 0.29) is 17.9 Å². The first-order valence-electron chi connectivity index (χ1n) is 13.9. The van der Waals surface area contributed by atoms with Crippen LogP contribution in [0.25, 0.3) is 0 Å². The van der Waals surface area contributed by atoms with E-state index in [0.29, 0.717) is 40.9 Å². The summed E-state index contributed by atoms with van der Waals surface area (Å²) >= 11 is 0. The molecular formula is C29H54O3. The molecule has 0 bridgehead atoms. The fourth-order valence-electron chi connectivity index (χ4n) is 7.97. The monoisotopic (exact) mass is 450 g/mol. The van der Waals surface area contributed by atoms with E-state index in [4.69, 9.17) is 5.11 Å². The third-order valence-electron chi connectivity index (χ3n) is 9.92. The van der Waals surface area contributed by atoms with Crippen LogP contribution in [0.3, 0.4) is 0 Å². The van der Waals surface area contributed by atoms with Gasteiger partial charge in [-0.05, 0) is 91.3 Å². The van der Waals surface area contributed by atoms with Crippen molar-refractivity contribution in [2.24, 2.45) is 46.3 Å². The molecule has 2 N–H and O–H groups in total. The lowest BCUT2D eigenvalue weighted by Crippen LogP contribution is -2.48. The van der Waals surface area contributed by atoms with Crippen LogP contribution in [-0.4, -0.2) is 22.3 Å². The van der Waals surface area contributed by atoms with Crippen LogP contribution in [0.4, 0.5) is 0 Å². The van der Waals surface area contributed by atoms with Gasteiger partial charge < -0.3 is 10.2 Å². The number of hydrogen-bond acceptors (Lipinski definition) is 2. The number of unbranched alkanes of at least 4 members (excludes halogenated alkanes) is 2. The number of carboxylic acids is 1.